The van der Waals surface area contributed by atoms with Crippen LogP contribution in [0, 0.1) is 0 Å². The van der Waals surface area contributed by atoms with E-state index >= 15 is 0 Å². The summed E-state index contributed by atoms with van der Waals surface area (Å²) < 4.78 is 4.95. The highest BCUT2D eigenvalue weighted by Gasteiger charge is 2.23. The van der Waals surface area contributed by atoms with Crippen LogP contribution in [0.3, 0.4) is 0 Å². The number of ether oxygens (including phenoxy) is 1. The molecule has 1 aromatic carbocycles. The van der Waals surface area contributed by atoms with Gasteiger partial charge in [0.05, 0.1) is 18.9 Å². The average molecular weight is 277 g/mol. The van der Waals surface area contributed by atoms with E-state index in [1.54, 1.807) is 6.92 Å². The summed E-state index contributed by atoms with van der Waals surface area (Å²) in [6.45, 7) is 4.80. The Labute approximate surface area is 120 Å². The molecule has 1 amide bonds. The molecular formula is C16H23NO3. The molecule has 0 bridgehead atoms. The van der Waals surface area contributed by atoms with Gasteiger partial charge in [-0.15, -0.1) is 0 Å². The highest BCUT2D eigenvalue weighted by atomic mass is 16.5. The van der Waals surface area contributed by atoms with Crippen LogP contribution in [-0.2, 0) is 14.3 Å². The van der Waals surface area contributed by atoms with Crippen molar-refractivity contribution in [1.29, 1.82) is 0 Å². The van der Waals surface area contributed by atoms with Crippen LogP contribution in [0.2, 0.25) is 0 Å². The summed E-state index contributed by atoms with van der Waals surface area (Å²) >= 11 is 0. The minimum absolute atomic E-state index is 0.0792. The van der Waals surface area contributed by atoms with E-state index < -0.39 is 5.92 Å². The summed E-state index contributed by atoms with van der Waals surface area (Å²) in [4.78, 5) is 23.9. The molecule has 0 aromatic heterocycles. The number of carbonyl (C=O) groups excluding carboxylic acids is 2. The number of carbonyl (C=O) groups is 2. The predicted molar refractivity (Wildman–Crippen MR) is 78.4 cm³/mol. The van der Waals surface area contributed by atoms with Gasteiger partial charge in [0, 0.05) is 6.54 Å². The van der Waals surface area contributed by atoms with Gasteiger partial charge in [-0.25, -0.2) is 0 Å². The fraction of sp³-hybridized carbons (Fsp3) is 0.500. The van der Waals surface area contributed by atoms with Crippen molar-refractivity contribution in [2.75, 3.05) is 13.2 Å². The van der Waals surface area contributed by atoms with Crippen LogP contribution in [0.5, 0.6) is 0 Å². The zero-order chi connectivity index (χ0) is 14.8. The van der Waals surface area contributed by atoms with Crippen molar-refractivity contribution in [2.24, 2.45) is 0 Å². The van der Waals surface area contributed by atoms with Crippen molar-refractivity contribution in [3.63, 3.8) is 0 Å². The number of benzene rings is 1. The Bertz CT molecular complexity index is 417. The lowest BCUT2D eigenvalue weighted by molar-refractivity contribution is -0.145. The molecule has 20 heavy (non-hydrogen) atoms. The number of rotatable bonds is 8. The first kappa shape index (κ1) is 16.2. The van der Waals surface area contributed by atoms with Crippen LogP contribution in [0.1, 0.15) is 44.6 Å². The van der Waals surface area contributed by atoms with E-state index in [1.807, 2.05) is 30.3 Å². The van der Waals surface area contributed by atoms with Gasteiger partial charge >= 0.3 is 5.97 Å². The van der Waals surface area contributed by atoms with E-state index in [9.17, 15) is 9.59 Å². The Balaban J connectivity index is 2.73. The van der Waals surface area contributed by atoms with Gasteiger partial charge in [-0.3, -0.25) is 9.59 Å². The molecule has 1 N–H and O–H groups in total. The third-order valence-corrected chi connectivity index (χ3v) is 3.02. The minimum atomic E-state index is -0.480. The molecule has 4 nitrogen and oxygen atoms in total. The van der Waals surface area contributed by atoms with Gasteiger partial charge in [0.1, 0.15) is 0 Å². The largest absolute Gasteiger partial charge is 0.466 e. The minimum Gasteiger partial charge on any atom is -0.466 e. The Morgan fingerprint density at radius 3 is 2.50 bits per heavy atom. The molecule has 4 heteroatoms. The molecule has 110 valence electrons. The zero-order valence-electron chi connectivity index (χ0n) is 12.2. The van der Waals surface area contributed by atoms with E-state index in [0.29, 0.717) is 13.2 Å². The van der Waals surface area contributed by atoms with Crippen molar-refractivity contribution < 1.29 is 14.3 Å². The molecule has 1 unspecified atom stereocenters. The molecule has 0 radical (unpaired) electrons. The number of amides is 1. The first-order valence-corrected chi connectivity index (χ1v) is 7.17. The smallest absolute Gasteiger partial charge is 0.306 e. The second kappa shape index (κ2) is 9.13. The first-order valence-electron chi connectivity index (χ1n) is 7.17. The van der Waals surface area contributed by atoms with Gasteiger partial charge in [-0.1, -0.05) is 43.7 Å². The summed E-state index contributed by atoms with van der Waals surface area (Å²) in [6, 6.07) is 9.35. The molecular weight excluding hydrogens is 254 g/mol. The van der Waals surface area contributed by atoms with E-state index in [2.05, 4.69) is 12.2 Å². The Hall–Kier alpha value is -1.84. The molecule has 0 aliphatic carbocycles. The fourth-order valence-corrected chi connectivity index (χ4v) is 1.95. The molecule has 0 aliphatic heterocycles. The lowest BCUT2D eigenvalue weighted by Gasteiger charge is -2.16. The molecule has 0 saturated heterocycles. The van der Waals surface area contributed by atoms with E-state index in [1.165, 1.54) is 0 Å². The first-order chi connectivity index (χ1) is 9.69. The Morgan fingerprint density at radius 1 is 1.20 bits per heavy atom. The van der Waals surface area contributed by atoms with Crippen LogP contribution in [-0.4, -0.2) is 25.0 Å². The second-order valence-electron chi connectivity index (χ2n) is 4.62. The van der Waals surface area contributed by atoms with Gasteiger partial charge in [0.15, 0.2) is 0 Å². The molecule has 0 saturated carbocycles. The van der Waals surface area contributed by atoms with Gasteiger partial charge in [-0.2, -0.15) is 0 Å². The maximum atomic E-state index is 12.2. The normalized spacial score (nSPS) is 11.7. The molecule has 1 aromatic rings. The van der Waals surface area contributed by atoms with Crippen LogP contribution < -0.4 is 5.32 Å². The highest BCUT2D eigenvalue weighted by molar-refractivity contribution is 5.88. The fourth-order valence-electron chi connectivity index (χ4n) is 1.95. The van der Waals surface area contributed by atoms with Crippen LogP contribution in [0.15, 0.2) is 30.3 Å². The molecule has 0 spiro atoms. The molecule has 1 atom stereocenters. The zero-order valence-corrected chi connectivity index (χ0v) is 12.2. The SMILES string of the molecule is CCCCNC(=O)C(CC(=O)OCC)c1ccccc1. The van der Waals surface area contributed by atoms with Crippen molar-refractivity contribution in [3.05, 3.63) is 35.9 Å². The summed E-state index contributed by atoms with van der Waals surface area (Å²) in [5.41, 5.74) is 0.842. The number of esters is 1. The van der Waals surface area contributed by atoms with Crippen LogP contribution >= 0.6 is 0 Å². The van der Waals surface area contributed by atoms with Gasteiger partial charge < -0.3 is 10.1 Å². The molecule has 0 aliphatic rings. The summed E-state index contributed by atoms with van der Waals surface area (Å²) in [6.07, 6.45) is 2.04. The number of hydrogen-bond donors (Lipinski definition) is 1. The van der Waals surface area contributed by atoms with Crippen LogP contribution in [0.4, 0.5) is 0 Å². The lowest BCUT2D eigenvalue weighted by atomic mass is 9.95. The number of nitrogens with one attached hydrogen (secondary N) is 1. The molecule has 0 fully saturated rings. The van der Waals surface area contributed by atoms with E-state index in [0.717, 1.165) is 18.4 Å². The molecule has 1 rings (SSSR count). The number of hydrogen-bond acceptors (Lipinski definition) is 3. The van der Waals surface area contributed by atoms with Crippen LogP contribution in [0.25, 0.3) is 0 Å². The van der Waals surface area contributed by atoms with Gasteiger partial charge in [0.25, 0.3) is 0 Å². The summed E-state index contributed by atoms with van der Waals surface area (Å²) in [5.74, 6) is -0.934. The maximum absolute atomic E-state index is 12.2. The lowest BCUT2D eigenvalue weighted by Crippen LogP contribution is -2.31. The predicted octanol–water partition coefficient (Wildman–Crippen LogP) is 2.64. The van der Waals surface area contributed by atoms with Crippen molar-refractivity contribution >= 4 is 11.9 Å². The Morgan fingerprint density at radius 2 is 1.90 bits per heavy atom. The van der Waals surface area contributed by atoms with E-state index in [4.69, 9.17) is 4.74 Å². The third kappa shape index (κ3) is 5.43. The third-order valence-electron chi connectivity index (χ3n) is 3.02. The quantitative estimate of drug-likeness (QED) is 0.587. The van der Waals surface area contributed by atoms with Crippen molar-refractivity contribution in [3.8, 4) is 0 Å². The maximum Gasteiger partial charge on any atom is 0.306 e. The van der Waals surface area contributed by atoms with Crippen molar-refractivity contribution in [2.45, 2.75) is 39.0 Å². The molecule has 0 heterocycles. The topological polar surface area (TPSA) is 55.4 Å². The standard InChI is InChI=1S/C16H23NO3/c1-3-5-11-17-16(19)14(12-15(18)20-4-2)13-9-7-6-8-10-13/h6-10,14H,3-5,11-12H2,1-2H3,(H,17,19). The number of unbranched alkanes of at least 4 members (excludes halogenated alkanes) is 1. The Kier molecular flexibility index (Phi) is 7.40. The summed E-state index contributed by atoms with van der Waals surface area (Å²) in [7, 11) is 0. The second-order valence-corrected chi connectivity index (χ2v) is 4.62. The van der Waals surface area contributed by atoms with Gasteiger partial charge in [0.2, 0.25) is 5.91 Å². The highest BCUT2D eigenvalue weighted by Crippen LogP contribution is 2.20. The average Bonchev–Trinajstić information content (AvgIpc) is 2.46. The van der Waals surface area contributed by atoms with E-state index in [-0.39, 0.29) is 18.3 Å². The van der Waals surface area contributed by atoms with Crippen molar-refractivity contribution in [1.82, 2.24) is 5.32 Å². The van der Waals surface area contributed by atoms with Gasteiger partial charge in [-0.05, 0) is 18.9 Å². The monoisotopic (exact) mass is 277 g/mol. The summed E-state index contributed by atoms with van der Waals surface area (Å²) in [5, 5.41) is 2.88.